The van der Waals surface area contributed by atoms with Crippen molar-refractivity contribution in [3.8, 4) is 0 Å². The summed E-state index contributed by atoms with van der Waals surface area (Å²) < 4.78 is 71.6. The molecule has 6 rings (SSSR count). The Morgan fingerprint density at radius 3 is 1.22 bits per heavy atom. The highest BCUT2D eigenvalue weighted by molar-refractivity contribution is 5.76. The van der Waals surface area contributed by atoms with Crippen molar-refractivity contribution in [3.05, 3.63) is 12.2 Å². The molecule has 0 aromatic carbocycles. The van der Waals surface area contributed by atoms with Gasteiger partial charge >= 0.3 is 0 Å². The summed E-state index contributed by atoms with van der Waals surface area (Å²) in [6.07, 6.45) is -17.0. The molecule has 0 saturated carbocycles. The summed E-state index contributed by atoms with van der Waals surface area (Å²) >= 11 is 0. The van der Waals surface area contributed by atoms with Crippen molar-refractivity contribution < 1.29 is 158 Å². The Morgan fingerprint density at radius 1 is 0.366 bits per heavy atom. The van der Waals surface area contributed by atoms with Crippen LogP contribution < -0.4 is 10.6 Å². The number of ether oxygens (including phenoxy) is 12. The number of amides is 2. The summed E-state index contributed by atoms with van der Waals surface area (Å²) in [4.78, 5) is 26.6. The molecular formula is C78H142N2O32. The summed E-state index contributed by atoms with van der Waals surface area (Å²) in [5.41, 5.74) is 0. The van der Waals surface area contributed by atoms with Crippen molar-refractivity contribution >= 4 is 11.8 Å². The zero-order valence-corrected chi connectivity index (χ0v) is 66.3. The second kappa shape index (κ2) is 53.2. The first-order valence-electron chi connectivity index (χ1n) is 41.8. The van der Waals surface area contributed by atoms with E-state index in [0.717, 1.165) is 58.3 Å². The predicted molar refractivity (Wildman–Crippen MR) is 399 cm³/mol. The van der Waals surface area contributed by atoms with E-state index in [1.165, 1.54) is 142 Å². The zero-order valence-electron chi connectivity index (χ0n) is 66.3. The predicted octanol–water partition coefficient (Wildman–Crippen LogP) is 0.0202. The van der Waals surface area contributed by atoms with E-state index in [9.17, 15) is 102 Å². The van der Waals surface area contributed by atoms with Crippen LogP contribution in [0.1, 0.15) is 233 Å². The topological polar surface area (TPSA) is 533 Å². The summed E-state index contributed by atoms with van der Waals surface area (Å²) in [5.74, 6) is -1.22. The lowest BCUT2D eigenvalue weighted by Crippen LogP contribution is -2.70. The number of hydrogen-bond donors (Lipinski definition) is 20. The van der Waals surface area contributed by atoms with Crippen LogP contribution in [-0.4, -0.2) is 340 Å². The van der Waals surface area contributed by atoms with Gasteiger partial charge < -0.3 is 159 Å². The molecule has 112 heavy (non-hydrogen) atoms. The van der Waals surface area contributed by atoms with Crippen LogP contribution in [0.2, 0.25) is 0 Å². The fourth-order valence-electron chi connectivity index (χ4n) is 15.3. The third-order valence-corrected chi connectivity index (χ3v) is 22.3. The van der Waals surface area contributed by atoms with Crippen molar-refractivity contribution in [2.45, 2.75) is 429 Å². The number of carbonyl (C=O) groups excluding carboxylic acids is 2. The second-order valence-corrected chi connectivity index (χ2v) is 31.3. The Bertz CT molecular complexity index is 2530. The van der Waals surface area contributed by atoms with E-state index >= 15 is 0 Å². The van der Waals surface area contributed by atoms with E-state index in [4.69, 9.17) is 56.8 Å². The van der Waals surface area contributed by atoms with Gasteiger partial charge in [-0.3, -0.25) is 9.59 Å². The van der Waals surface area contributed by atoms with Gasteiger partial charge in [0, 0.05) is 13.3 Å². The van der Waals surface area contributed by atoms with Crippen molar-refractivity contribution in [1.82, 2.24) is 10.6 Å². The van der Waals surface area contributed by atoms with Crippen LogP contribution >= 0.6 is 0 Å². The maximum Gasteiger partial charge on any atom is 0.220 e. The molecule has 32 atom stereocenters. The monoisotopic (exact) mass is 1620 g/mol. The highest BCUT2D eigenvalue weighted by atomic mass is 16.8. The quantitative estimate of drug-likeness (QED) is 0.0282. The van der Waals surface area contributed by atoms with Gasteiger partial charge in [-0.25, -0.2) is 0 Å². The molecule has 6 saturated heterocycles. The van der Waals surface area contributed by atoms with Crippen LogP contribution in [0.15, 0.2) is 12.2 Å². The number of unbranched alkanes of at least 4 members (excludes halogenated alkanes) is 29. The molecule has 0 aromatic heterocycles. The third-order valence-electron chi connectivity index (χ3n) is 22.3. The number of allylic oxidation sites excluding steroid dienone is 1. The summed E-state index contributed by atoms with van der Waals surface area (Å²) in [6.45, 7) is 1.28. The van der Waals surface area contributed by atoms with Gasteiger partial charge in [0.2, 0.25) is 11.8 Å². The van der Waals surface area contributed by atoms with Gasteiger partial charge in [-0.05, 0) is 26.2 Å². The van der Waals surface area contributed by atoms with Gasteiger partial charge in [-0.1, -0.05) is 206 Å². The van der Waals surface area contributed by atoms with Crippen LogP contribution in [-0.2, 0) is 66.4 Å². The fourth-order valence-corrected chi connectivity index (χ4v) is 15.3. The van der Waals surface area contributed by atoms with Gasteiger partial charge in [0.05, 0.1) is 57.9 Å². The van der Waals surface area contributed by atoms with Crippen LogP contribution in [0.3, 0.4) is 0 Å². The van der Waals surface area contributed by atoms with Crippen molar-refractivity contribution in [2.24, 2.45) is 0 Å². The van der Waals surface area contributed by atoms with Gasteiger partial charge in [-0.15, -0.1) is 0 Å². The number of hydrogen-bond acceptors (Lipinski definition) is 32. The molecule has 0 bridgehead atoms. The van der Waals surface area contributed by atoms with E-state index in [1.54, 1.807) is 6.08 Å². The molecule has 0 aliphatic carbocycles. The Hall–Kier alpha value is -2.52. The second-order valence-electron chi connectivity index (χ2n) is 31.3. The van der Waals surface area contributed by atoms with Gasteiger partial charge in [0.15, 0.2) is 37.7 Å². The molecule has 656 valence electrons. The average Bonchev–Trinajstić information content (AvgIpc) is 0.763. The molecule has 34 heteroatoms. The van der Waals surface area contributed by atoms with Crippen LogP contribution in [0.4, 0.5) is 0 Å². The Morgan fingerprint density at radius 2 is 0.732 bits per heavy atom. The molecule has 0 spiro atoms. The van der Waals surface area contributed by atoms with Gasteiger partial charge in [0.25, 0.3) is 0 Å². The van der Waals surface area contributed by atoms with E-state index < -0.39 is 242 Å². The maximum atomic E-state index is 13.6. The first kappa shape index (κ1) is 98.3. The third kappa shape index (κ3) is 30.3. The SMILES string of the molecule is CCCCCCCCCCCCC/C=C/[C@@H](O)[C@H](CO[C@@H]1OC(CO)[C@@H](O[C@@H]2OC(CO)[C@H](O)[C@H](O[C@@H]3OC(CO)[C@@H](O[C@@H]4OC(CO)[C@H](O)[C@H](O[C@H]5OC(CO)[C@H](O)[C@H](O)C5O)C4O[C@H]4OC(C)[C@@H](O)C(O)[C@@H]4O)[C@H](O)C3NC(C)=O)C2O)[C@H](O)C1O)NC(=O)CCCCCCCCCCCCCCCCCCCCC. The minimum Gasteiger partial charge on any atom is -0.394 e. The first-order chi connectivity index (χ1) is 53.9. The number of carbonyl (C=O) groups is 2. The van der Waals surface area contributed by atoms with Crippen molar-refractivity contribution in [1.29, 1.82) is 0 Å². The molecule has 34 nitrogen and oxygen atoms in total. The number of rotatable bonds is 54. The van der Waals surface area contributed by atoms with E-state index in [2.05, 4.69) is 24.5 Å². The van der Waals surface area contributed by atoms with Crippen molar-refractivity contribution in [3.63, 3.8) is 0 Å². The molecule has 0 aromatic rings. The molecular weight excluding hydrogens is 1480 g/mol. The van der Waals surface area contributed by atoms with E-state index in [1.807, 2.05) is 6.08 Å². The molecule has 20 N–H and O–H groups in total. The summed E-state index contributed by atoms with van der Waals surface area (Å²) in [6, 6.07) is -2.94. The molecule has 6 aliphatic heterocycles. The summed E-state index contributed by atoms with van der Waals surface area (Å²) in [5, 5.41) is 206. The van der Waals surface area contributed by atoms with Crippen molar-refractivity contribution in [2.75, 3.05) is 39.6 Å². The van der Waals surface area contributed by atoms with Crippen LogP contribution in [0, 0.1) is 0 Å². The minimum absolute atomic E-state index is 0.177. The largest absolute Gasteiger partial charge is 0.394 e. The highest BCUT2D eigenvalue weighted by Gasteiger charge is 2.59. The Balaban J connectivity index is 1.10. The van der Waals surface area contributed by atoms with E-state index in [0.29, 0.717) is 12.8 Å². The van der Waals surface area contributed by atoms with Crippen LogP contribution in [0.25, 0.3) is 0 Å². The molecule has 2 amide bonds. The van der Waals surface area contributed by atoms with Gasteiger partial charge in [-0.2, -0.15) is 0 Å². The number of aliphatic hydroxyl groups is 18. The lowest BCUT2D eigenvalue weighted by molar-refractivity contribution is -0.405. The normalized spacial score (nSPS) is 37.3. The summed E-state index contributed by atoms with van der Waals surface area (Å²) in [7, 11) is 0. The first-order valence-corrected chi connectivity index (χ1v) is 41.8. The minimum atomic E-state index is -2.21. The molecule has 6 fully saturated rings. The number of aliphatic hydroxyl groups excluding tert-OH is 18. The zero-order chi connectivity index (χ0) is 81.8. The lowest BCUT2D eigenvalue weighted by atomic mass is 9.94. The smallest absolute Gasteiger partial charge is 0.220 e. The molecule has 12 unspecified atom stereocenters. The average molecular weight is 1620 g/mol. The molecule has 6 aliphatic rings. The highest BCUT2D eigenvalue weighted by Crippen LogP contribution is 2.39. The Labute approximate surface area is 659 Å². The number of nitrogens with one attached hydrogen (secondary N) is 2. The standard InChI is InChI=1S/C78H142N2O32/c1-5-7-9-11-13-15-17-19-20-21-22-23-24-26-28-30-32-34-36-38-54(88)80-47(48(87)37-35-33-31-29-27-25-18-16-14-12-10-8-6-2)44-101-74-66(99)63(96)69(53(43-85)107-74)108-77-67(100)70(58(91)50(40-82)104-77)110-73-55(79-46(4)86)60(93)68(52(42-84)106-73)109-78-72(112-75-64(97)61(94)56(89)45(3)102-75)71(59(92)51(41-83)105-78)111-76-65(98)62(95)57(90)49(39-81)103-76/h35,37,45,47-53,55-78,81-85,87,89-100H,5-34,36,38-44H2,1-4H3,(H,79,86)(H,80,88)/b37-35+/t45?,47-,48+,49?,50?,51?,52?,53?,55?,56+,57-,58-,59-,60+,61?,62-,63+,64-,65?,66?,67?,68+,69+,70-,71-,72?,73-,74+,75+,76+,77-,78-/m0/s1. The molecule has 0 radical (unpaired) electrons. The Kier molecular flexibility index (Phi) is 46.7. The molecule has 6 heterocycles. The van der Waals surface area contributed by atoms with E-state index in [-0.39, 0.29) is 12.3 Å². The van der Waals surface area contributed by atoms with Crippen LogP contribution in [0.5, 0.6) is 0 Å². The van der Waals surface area contributed by atoms with Gasteiger partial charge in [0.1, 0.15) is 140 Å². The fraction of sp³-hybridized carbons (Fsp3) is 0.949. The lowest BCUT2D eigenvalue weighted by Gasteiger charge is -2.51. The maximum absolute atomic E-state index is 13.6.